The van der Waals surface area contributed by atoms with Crippen LogP contribution in [0.4, 0.5) is 9.18 Å². The van der Waals surface area contributed by atoms with E-state index in [2.05, 4.69) is 15.9 Å². The topological polar surface area (TPSA) is 125 Å². The van der Waals surface area contributed by atoms with Gasteiger partial charge >= 0.3 is 6.09 Å². The van der Waals surface area contributed by atoms with Crippen LogP contribution in [0, 0.1) is 9.39 Å². The fourth-order valence-electron chi connectivity index (χ4n) is 2.76. The normalized spacial score (nSPS) is 22.1. The van der Waals surface area contributed by atoms with Gasteiger partial charge in [0.05, 0.1) is 10.1 Å². The molecule has 1 aliphatic rings. The molecule has 1 fully saturated rings. The largest absolute Gasteiger partial charge is 0.474 e. The van der Waals surface area contributed by atoms with Crippen molar-refractivity contribution in [3.8, 4) is 5.75 Å². The third-order valence-corrected chi connectivity index (χ3v) is 5.50. The highest BCUT2D eigenvalue weighted by molar-refractivity contribution is 14.1. The van der Waals surface area contributed by atoms with E-state index in [-0.39, 0.29) is 22.3 Å². The zero-order valence-electron chi connectivity index (χ0n) is 15.4. The van der Waals surface area contributed by atoms with Crippen molar-refractivity contribution in [2.45, 2.75) is 44.4 Å². The smallest absolute Gasteiger partial charge is 0.411 e. The van der Waals surface area contributed by atoms with Crippen LogP contribution in [0.2, 0.25) is 0 Å². The number of carbonyl (C=O) groups is 3. The highest BCUT2D eigenvalue weighted by Gasteiger charge is 2.55. The summed E-state index contributed by atoms with van der Waals surface area (Å²) >= 11 is 4.88. The van der Waals surface area contributed by atoms with Crippen molar-refractivity contribution >= 4 is 56.4 Å². The average Bonchev–Trinajstić information content (AvgIpc) is 2.92. The van der Waals surface area contributed by atoms with Crippen LogP contribution < -0.4 is 16.2 Å². The van der Waals surface area contributed by atoms with Crippen LogP contribution in [0.5, 0.6) is 5.75 Å². The molecule has 0 unspecified atom stereocenters. The van der Waals surface area contributed by atoms with E-state index in [0.29, 0.717) is 4.47 Å². The lowest BCUT2D eigenvalue weighted by molar-refractivity contribution is -0.132. The molecule has 1 heterocycles. The second kappa shape index (κ2) is 8.01. The van der Waals surface area contributed by atoms with Crippen molar-refractivity contribution in [3.05, 3.63) is 26.0 Å². The molecule has 3 amide bonds. The van der Waals surface area contributed by atoms with Crippen LogP contribution in [0.25, 0.3) is 0 Å². The van der Waals surface area contributed by atoms with E-state index in [1.165, 1.54) is 12.1 Å². The number of nitrogens with two attached hydrogens (primary N) is 2. The minimum absolute atomic E-state index is 0.0422. The summed E-state index contributed by atoms with van der Waals surface area (Å²) in [7, 11) is 0. The Morgan fingerprint density at radius 3 is 2.43 bits per heavy atom. The Labute approximate surface area is 183 Å². The number of halogens is 3. The summed E-state index contributed by atoms with van der Waals surface area (Å²) in [5, 5.41) is 0. The number of nitrogens with zero attached hydrogens (tertiary/aromatic N) is 1. The van der Waals surface area contributed by atoms with Crippen molar-refractivity contribution in [2.75, 3.05) is 6.54 Å². The second-order valence-corrected chi connectivity index (χ2v) is 9.39. The maximum atomic E-state index is 14.0. The first-order chi connectivity index (χ1) is 12.8. The molecular weight excluding hydrogens is 552 g/mol. The van der Waals surface area contributed by atoms with Gasteiger partial charge in [-0.1, -0.05) is 15.9 Å². The van der Waals surface area contributed by atoms with Crippen LogP contribution in [-0.4, -0.2) is 46.6 Å². The molecule has 1 aromatic rings. The van der Waals surface area contributed by atoms with E-state index in [0.717, 1.165) is 4.90 Å². The Morgan fingerprint density at radius 1 is 1.32 bits per heavy atom. The van der Waals surface area contributed by atoms with Gasteiger partial charge in [-0.3, -0.25) is 14.5 Å². The molecule has 0 radical (unpaired) electrons. The third-order valence-electron chi connectivity index (χ3n) is 4.00. The van der Waals surface area contributed by atoms with Crippen LogP contribution >= 0.6 is 38.5 Å². The molecule has 1 saturated heterocycles. The summed E-state index contributed by atoms with van der Waals surface area (Å²) in [6.45, 7) is 4.61. The lowest BCUT2D eigenvalue weighted by Crippen LogP contribution is -2.52. The van der Waals surface area contributed by atoms with Gasteiger partial charge < -0.3 is 20.9 Å². The maximum Gasteiger partial charge on any atom is 0.411 e. The molecule has 0 spiro atoms. The van der Waals surface area contributed by atoms with E-state index in [1.54, 1.807) is 43.4 Å². The van der Waals surface area contributed by atoms with Crippen molar-refractivity contribution < 1.29 is 28.2 Å². The molecule has 0 aliphatic carbocycles. The Bertz CT molecular complexity index is 832. The molecule has 0 aromatic heterocycles. The zero-order chi connectivity index (χ0) is 21.4. The molecule has 154 valence electrons. The zero-order valence-corrected chi connectivity index (χ0v) is 19.2. The Balaban J connectivity index is 2.43. The molecule has 0 saturated carbocycles. The number of rotatable bonds is 4. The number of hydrogen-bond acceptors (Lipinski definition) is 5. The van der Waals surface area contributed by atoms with Crippen LogP contribution in [0.3, 0.4) is 0 Å². The highest BCUT2D eigenvalue weighted by Crippen LogP contribution is 2.37. The fraction of sp³-hybridized carbons (Fsp3) is 0.471. The molecule has 2 atom stereocenters. The standard InChI is InChI=1S/C17H20BrFIN3O5/c1-16(2,3)28-15(26)23-7-17(14(22)25,6-10(23)13(21)24)27-11-5-8(18)4-9(19)12(11)20/h4-5,10H,6-7H2,1-3H3,(H2,21,24)(H2,22,25)/t10-,17+/m0/s1. The van der Waals surface area contributed by atoms with Gasteiger partial charge in [-0.15, -0.1) is 0 Å². The quantitative estimate of drug-likeness (QED) is 0.424. The lowest BCUT2D eigenvalue weighted by atomic mass is 9.98. The summed E-state index contributed by atoms with van der Waals surface area (Å²) in [5.41, 5.74) is 8.37. The summed E-state index contributed by atoms with van der Waals surface area (Å²) in [4.78, 5) is 37.8. The van der Waals surface area contributed by atoms with Crippen LogP contribution in [0.15, 0.2) is 16.6 Å². The van der Waals surface area contributed by atoms with Crippen LogP contribution in [0.1, 0.15) is 27.2 Å². The van der Waals surface area contributed by atoms with Gasteiger partial charge in [-0.2, -0.15) is 0 Å². The van der Waals surface area contributed by atoms with E-state index >= 15 is 0 Å². The van der Waals surface area contributed by atoms with Gasteiger partial charge in [0.1, 0.15) is 23.2 Å². The number of carbonyl (C=O) groups excluding carboxylic acids is 3. The molecule has 1 aliphatic heterocycles. The van der Waals surface area contributed by atoms with Gasteiger partial charge in [-0.05, 0) is 55.5 Å². The average molecular weight is 572 g/mol. The van der Waals surface area contributed by atoms with Gasteiger partial charge in [0.2, 0.25) is 11.5 Å². The van der Waals surface area contributed by atoms with E-state index in [1.807, 2.05) is 0 Å². The molecule has 28 heavy (non-hydrogen) atoms. The monoisotopic (exact) mass is 571 g/mol. The van der Waals surface area contributed by atoms with E-state index in [4.69, 9.17) is 20.9 Å². The Morgan fingerprint density at radius 2 is 1.93 bits per heavy atom. The summed E-state index contributed by atoms with van der Waals surface area (Å²) in [6, 6.07) is 1.53. The number of benzene rings is 1. The summed E-state index contributed by atoms with van der Waals surface area (Å²) in [5.74, 6) is -2.28. The minimum Gasteiger partial charge on any atom is -0.474 e. The summed E-state index contributed by atoms with van der Waals surface area (Å²) < 4.78 is 25.6. The van der Waals surface area contributed by atoms with Crippen molar-refractivity contribution in [1.29, 1.82) is 0 Å². The number of amides is 3. The second-order valence-electron chi connectivity index (χ2n) is 7.39. The Kier molecular flexibility index (Phi) is 6.48. The Hall–Kier alpha value is -1.63. The van der Waals surface area contributed by atoms with E-state index < -0.39 is 41.0 Å². The van der Waals surface area contributed by atoms with Crippen molar-refractivity contribution in [1.82, 2.24) is 4.90 Å². The SMILES string of the molecule is CC(C)(C)OC(=O)N1C[C@@](Oc2cc(Br)cc(F)c2I)(C(N)=O)C[C@H]1C(N)=O. The highest BCUT2D eigenvalue weighted by atomic mass is 127. The first kappa shape index (κ1) is 22.7. The number of primary amides is 2. The molecule has 1 aromatic carbocycles. The van der Waals surface area contributed by atoms with Crippen molar-refractivity contribution in [2.24, 2.45) is 11.5 Å². The van der Waals surface area contributed by atoms with Gasteiger partial charge in [0, 0.05) is 10.9 Å². The summed E-state index contributed by atoms with van der Waals surface area (Å²) in [6.07, 6.45) is -1.11. The van der Waals surface area contributed by atoms with E-state index in [9.17, 15) is 18.8 Å². The lowest BCUT2D eigenvalue weighted by Gasteiger charge is -2.29. The van der Waals surface area contributed by atoms with Crippen LogP contribution in [-0.2, 0) is 14.3 Å². The molecular formula is C17H20BrFIN3O5. The first-order valence-corrected chi connectivity index (χ1v) is 10.1. The predicted molar refractivity (Wildman–Crippen MR) is 110 cm³/mol. The number of ether oxygens (including phenoxy) is 2. The molecule has 11 heteroatoms. The predicted octanol–water partition coefficient (Wildman–Crippen LogP) is 2.29. The van der Waals surface area contributed by atoms with Crippen molar-refractivity contribution in [3.63, 3.8) is 0 Å². The molecule has 8 nitrogen and oxygen atoms in total. The minimum atomic E-state index is -1.77. The first-order valence-electron chi connectivity index (χ1n) is 8.18. The molecule has 4 N–H and O–H groups in total. The number of hydrogen-bond donors (Lipinski definition) is 2. The fourth-order valence-corrected chi connectivity index (χ4v) is 3.59. The molecule has 2 rings (SSSR count). The number of likely N-dealkylation sites (tertiary alicyclic amines) is 1. The molecule has 0 bridgehead atoms. The van der Waals surface area contributed by atoms with Gasteiger partial charge in [0.15, 0.2) is 0 Å². The maximum absolute atomic E-state index is 14.0. The van der Waals surface area contributed by atoms with Gasteiger partial charge in [0.25, 0.3) is 5.91 Å². The van der Waals surface area contributed by atoms with Gasteiger partial charge in [-0.25, -0.2) is 9.18 Å². The third kappa shape index (κ3) is 4.85.